The molecular formula is C20H20O8. The smallest absolute Gasteiger partial charge is 0.305 e. The highest BCUT2D eigenvalue weighted by molar-refractivity contribution is 6.27. The van der Waals surface area contributed by atoms with Gasteiger partial charge in [0.05, 0.1) is 36.4 Å². The first-order chi connectivity index (χ1) is 13.4. The standard InChI is InChI=1S/C20H20O8/c21-14(22)7-10-5-9-6-11-15(18(24)12(9)8-28-10)19(25)20(26)16(17(11)23)13-3-1-2-4-27-13/h6,10,13,24,26H,1-5,7-8H2,(H,21,22). The van der Waals surface area contributed by atoms with E-state index in [0.717, 1.165) is 12.8 Å². The second-order valence-electron chi connectivity index (χ2n) is 7.30. The van der Waals surface area contributed by atoms with Gasteiger partial charge in [-0.05, 0) is 37.3 Å². The number of allylic oxidation sites excluding steroid dienone is 1. The zero-order chi connectivity index (χ0) is 20.0. The number of aliphatic hydroxyl groups is 1. The molecule has 2 heterocycles. The maximum Gasteiger partial charge on any atom is 0.305 e. The van der Waals surface area contributed by atoms with Crippen LogP contribution in [0.1, 0.15) is 57.5 Å². The lowest BCUT2D eigenvalue weighted by Crippen LogP contribution is -2.33. The fourth-order valence-electron chi connectivity index (χ4n) is 4.11. The lowest BCUT2D eigenvalue weighted by molar-refractivity contribution is -0.140. The molecule has 2 unspecified atom stereocenters. The van der Waals surface area contributed by atoms with Crippen LogP contribution in [0.15, 0.2) is 17.4 Å². The van der Waals surface area contributed by atoms with E-state index in [-0.39, 0.29) is 36.1 Å². The van der Waals surface area contributed by atoms with E-state index in [1.54, 1.807) is 0 Å². The van der Waals surface area contributed by atoms with Crippen molar-refractivity contribution in [2.24, 2.45) is 0 Å². The van der Waals surface area contributed by atoms with Crippen molar-refractivity contribution in [1.29, 1.82) is 0 Å². The van der Waals surface area contributed by atoms with Crippen LogP contribution in [0, 0.1) is 0 Å². The number of benzene rings is 1. The lowest BCUT2D eigenvalue weighted by Gasteiger charge is -2.30. The molecule has 0 amide bonds. The fraction of sp³-hybridized carbons (Fsp3) is 0.450. The molecule has 1 aliphatic carbocycles. The molecule has 2 atom stereocenters. The third-order valence-electron chi connectivity index (χ3n) is 5.50. The molecule has 1 saturated heterocycles. The second kappa shape index (κ2) is 7.03. The summed E-state index contributed by atoms with van der Waals surface area (Å²) in [5.74, 6) is -3.44. The Labute approximate surface area is 160 Å². The van der Waals surface area contributed by atoms with Gasteiger partial charge in [-0.25, -0.2) is 0 Å². The predicted octanol–water partition coefficient (Wildman–Crippen LogP) is 2.07. The molecule has 1 aromatic carbocycles. The van der Waals surface area contributed by atoms with Crippen molar-refractivity contribution in [3.8, 4) is 5.75 Å². The van der Waals surface area contributed by atoms with Gasteiger partial charge in [0.1, 0.15) is 5.75 Å². The van der Waals surface area contributed by atoms with E-state index in [0.29, 0.717) is 24.2 Å². The summed E-state index contributed by atoms with van der Waals surface area (Å²) in [5, 5.41) is 30.0. The second-order valence-corrected chi connectivity index (χ2v) is 7.30. The van der Waals surface area contributed by atoms with Gasteiger partial charge in [-0.15, -0.1) is 0 Å². The number of ketones is 2. The number of carboxylic acid groups (broad SMARTS) is 1. The minimum atomic E-state index is -1.01. The van der Waals surface area contributed by atoms with Crippen molar-refractivity contribution in [2.75, 3.05) is 6.61 Å². The summed E-state index contributed by atoms with van der Waals surface area (Å²) in [6, 6.07) is 1.51. The van der Waals surface area contributed by atoms with Crippen LogP contribution in [0.3, 0.4) is 0 Å². The molecule has 8 nitrogen and oxygen atoms in total. The third-order valence-corrected chi connectivity index (χ3v) is 5.50. The number of fused-ring (bicyclic) bond motifs is 2. The number of phenolic OH excluding ortho intramolecular Hbond substituents is 1. The van der Waals surface area contributed by atoms with E-state index in [9.17, 15) is 24.6 Å². The molecule has 148 valence electrons. The molecule has 0 aromatic heterocycles. The minimum Gasteiger partial charge on any atom is -0.507 e. The number of aromatic hydroxyl groups is 1. The van der Waals surface area contributed by atoms with E-state index in [4.69, 9.17) is 14.6 Å². The largest absolute Gasteiger partial charge is 0.507 e. The van der Waals surface area contributed by atoms with Gasteiger partial charge in [0.2, 0.25) is 5.78 Å². The molecule has 4 rings (SSSR count). The highest BCUT2D eigenvalue weighted by atomic mass is 16.5. The maximum atomic E-state index is 13.1. The van der Waals surface area contributed by atoms with E-state index < -0.39 is 41.3 Å². The Morgan fingerprint density at radius 1 is 1.14 bits per heavy atom. The summed E-state index contributed by atoms with van der Waals surface area (Å²) in [5.41, 5.74) is 0.623. The van der Waals surface area contributed by atoms with Gasteiger partial charge in [0.25, 0.3) is 0 Å². The Balaban J connectivity index is 1.76. The summed E-state index contributed by atoms with van der Waals surface area (Å²) >= 11 is 0. The van der Waals surface area contributed by atoms with Crippen molar-refractivity contribution < 1.29 is 39.2 Å². The minimum absolute atomic E-state index is 0.0131. The number of phenols is 1. The molecule has 3 aliphatic rings. The van der Waals surface area contributed by atoms with Crippen LogP contribution in [0.2, 0.25) is 0 Å². The lowest BCUT2D eigenvalue weighted by atomic mass is 9.80. The summed E-state index contributed by atoms with van der Waals surface area (Å²) < 4.78 is 11.0. The first kappa shape index (κ1) is 18.6. The van der Waals surface area contributed by atoms with Gasteiger partial charge in [0.15, 0.2) is 11.5 Å². The highest BCUT2D eigenvalue weighted by Gasteiger charge is 2.41. The van der Waals surface area contributed by atoms with Crippen LogP contribution in [0.25, 0.3) is 0 Å². The van der Waals surface area contributed by atoms with E-state index in [1.165, 1.54) is 6.07 Å². The Hall–Kier alpha value is -2.71. The van der Waals surface area contributed by atoms with Crippen molar-refractivity contribution in [3.63, 3.8) is 0 Å². The van der Waals surface area contributed by atoms with Crippen molar-refractivity contribution in [2.45, 2.75) is 50.9 Å². The molecule has 8 heteroatoms. The molecule has 0 spiro atoms. The van der Waals surface area contributed by atoms with Gasteiger partial charge in [-0.3, -0.25) is 14.4 Å². The predicted molar refractivity (Wildman–Crippen MR) is 94.5 cm³/mol. The average Bonchev–Trinajstić information content (AvgIpc) is 2.66. The number of carbonyl (C=O) groups excluding carboxylic acids is 2. The number of carbonyl (C=O) groups is 3. The molecule has 0 radical (unpaired) electrons. The average molecular weight is 388 g/mol. The van der Waals surface area contributed by atoms with Crippen molar-refractivity contribution in [3.05, 3.63) is 39.7 Å². The molecule has 0 saturated carbocycles. The van der Waals surface area contributed by atoms with Crippen LogP contribution < -0.4 is 0 Å². The monoisotopic (exact) mass is 388 g/mol. The van der Waals surface area contributed by atoms with Crippen LogP contribution >= 0.6 is 0 Å². The Morgan fingerprint density at radius 3 is 2.61 bits per heavy atom. The van der Waals surface area contributed by atoms with Crippen molar-refractivity contribution >= 4 is 17.5 Å². The van der Waals surface area contributed by atoms with Crippen molar-refractivity contribution in [1.82, 2.24) is 0 Å². The molecule has 28 heavy (non-hydrogen) atoms. The normalized spacial score (nSPS) is 24.7. The Morgan fingerprint density at radius 2 is 1.93 bits per heavy atom. The SMILES string of the molecule is O=C(O)CC1Cc2cc3c(c(O)c2CO1)C(=O)C(O)=C(C1CCCCO1)C3=O. The maximum absolute atomic E-state index is 13.1. The molecule has 2 aliphatic heterocycles. The first-order valence-corrected chi connectivity index (χ1v) is 9.23. The summed E-state index contributed by atoms with van der Waals surface area (Å²) in [7, 11) is 0. The molecule has 1 fully saturated rings. The Bertz CT molecular complexity index is 907. The Kier molecular flexibility index (Phi) is 4.68. The van der Waals surface area contributed by atoms with Gasteiger partial charge in [0, 0.05) is 17.7 Å². The summed E-state index contributed by atoms with van der Waals surface area (Å²) in [6.45, 7) is 0.371. The fourth-order valence-corrected chi connectivity index (χ4v) is 4.11. The number of carboxylic acids is 1. The zero-order valence-electron chi connectivity index (χ0n) is 15.1. The van der Waals surface area contributed by atoms with Gasteiger partial charge in [-0.2, -0.15) is 0 Å². The van der Waals surface area contributed by atoms with E-state index in [1.807, 2.05) is 0 Å². The first-order valence-electron chi connectivity index (χ1n) is 9.23. The van der Waals surface area contributed by atoms with Crippen LogP contribution in [0.4, 0.5) is 0 Å². The molecule has 0 bridgehead atoms. The number of Topliss-reactive ketones (excluding diaryl/α,β-unsaturated/α-hetero) is 2. The number of ether oxygens (including phenoxy) is 2. The van der Waals surface area contributed by atoms with Crippen LogP contribution in [0.5, 0.6) is 5.75 Å². The van der Waals surface area contributed by atoms with Crippen LogP contribution in [-0.2, 0) is 27.3 Å². The number of aliphatic carboxylic acids is 1. The topological polar surface area (TPSA) is 130 Å². The number of aliphatic hydroxyl groups excluding tert-OH is 1. The summed E-state index contributed by atoms with van der Waals surface area (Å²) in [4.78, 5) is 36.8. The highest BCUT2D eigenvalue weighted by Crippen LogP contribution is 2.40. The summed E-state index contributed by atoms with van der Waals surface area (Å²) in [6.07, 6.45) is 0.962. The quantitative estimate of drug-likeness (QED) is 0.717. The molecular weight excluding hydrogens is 368 g/mol. The van der Waals surface area contributed by atoms with Gasteiger partial charge in [-0.1, -0.05) is 0 Å². The molecule has 3 N–H and O–H groups in total. The van der Waals surface area contributed by atoms with E-state index >= 15 is 0 Å². The third kappa shape index (κ3) is 2.98. The van der Waals surface area contributed by atoms with Gasteiger partial charge >= 0.3 is 5.97 Å². The molecule has 1 aromatic rings. The van der Waals surface area contributed by atoms with Crippen LogP contribution in [-0.4, -0.2) is 51.7 Å². The van der Waals surface area contributed by atoms with E-state index in [2.05, 4.69) is 0 Å². The number of hydrogen-bond acceptors (Lipinski definition) is 7. The van der Waals surface area contributed by atoms with Gasteiger partial charge < -0.3 is 24.8 Å². The number of rotatable bonds is 3. The zero-order valence-corrected chi connectivity index (χ0v) is 15.1. The number of hydrogen-bond donors (Lipinski definition) is 3.